The number of aliphatic hydroxyl groups is 1. The largest absolute Gasteiger partial charge is 0.394 e. The topological polar surface area (TPSA) is 61.4 Å². The van der Waals surface area contributed by atoms with E-state index in [-0.39, 0.29) is 25.1 Å². The van der Waals surface area contributed by atoms with Crippen LogP contribution in [0, 0.1) is 0 Å². The minimum Gasteiger partial charge on any atom is -0.394 e. The Morgan fingerprint density at radius 2 is 1.62 bits per heavy atom. The minimum absolute atomic E-state index is 0.0457. The van der Waals surface area contributed by atoms with E-state index in [2.05, 4.69) is 10.6 Å². The molecule has 0 aliphatic carbocycles. The van der Waals surface area contributed by atoms with Crippen LogP contribution >= 0.6 is 0 Å². The van der Waals surface area contributed by atoms with Crippen LogP contribution in [0.15, 0.2) is 60.7 Å². The summed E-state index contributed by atoms with van der Waals surface area (Å²) in [5.41, 5.74) is 2.03. The first-order valence-corrected chi connectivity index (χ1v) is 6.99. The van der Waals surface area contributed by atoms with Crippen molar-refractivity contribution < 1.29 is 9.90 Å². The summed E-state index contributed by atoms with van der Waals surface area (Å²) in [5, 5.41) is 15.3. The number of nitrogens with one attached hydrogen (secondary N) is 2. The highest BCUT2D eigenvalue weighted by atomic mass is 16.3. The number of hydrogen-bond donors (Lipinski definition) is 3. The van der Waals surface area contributed by atoms with Gasteiger partial charge in [0.2, 0.25) is 5.91 Å². The molecule has 21 heavy (non-hydrogen) atoms. The Bertz CT molecular complexity index is 543. The molecule has 2 aromatic rings. The van der Waals surface area contributed by atoms with Gasteiger partial charge in [-0.05, 0) is 11.1 Å². The summed E-state index contributed by atoms with van der Waals surface area (Å²) in [6.07, 6.45) is 0. The molecule has 4 nitrogen and oxygen atoms in total. The van der Waals surface area contributed by atoms with Gasteiger partial charge in [-0.1, -0.05) is 60.7 Å². The van der Waals surface area contributed by atoms with Crippen molar-refractivity contribution >= 4 is 5.91 Å². The highest BCUT2D eigenvalue weighted by Gasteiger charge is 2.11. The summed E-state index contributed by atoms with van der Waals surface area (Å²) in [5.74, 6) is -0.0896. The van der Waals surface area contributed by atoms with Gasteiger partial charge in [0.1, 0.15) is 0 Å². The van der Waals surface area contributed by atoms with Crippen LogP contribution < -0.4 is 10.6 Å². The van der Waals surface area contributed by atoms with Crippen molar-refractivity contribution in [3.8, 4) is 0 Å². The van der Waals surface area contributed by atoms with Crippen LogP contribution in [0.3, 0.4) is 0 Å². The van der Waals surface area contributed by atoms with E-state index >= 15 is 0 Å². The standard InChI is InChI=1S/C17H20N2O2/c20-13-16(15-9-5-2-6-10-15)18-12-17(21)19-11-14-7-3-1-4-8-14/h1-10,16,18,20H,11-13H2,(H,19,21). The fourth-order valence-corrected chi connectivity index (χ4v) is 2.05. The molecule has 110 valence electrons. The second-order valence-electron chi connectivity index (χ2n) is 4.79. The molecule has 4 heteroatoms. The summed E-state index contributed by atoms with van der Waals surface area (Å²) in [7, 11) is 0. The third kappa shape index (κ3) is 5.02. The maximum absolute atomic E-state index is 11.8. The molecule has 0 saturated heterocycles. The molecule has 0 heterocycles. The van der Waals surface area contributed by atoms with Gasteiger partial charge in [-0.25, -0.2) is 0 Å². The minimum atomic E-state index is -0.228. The molecule has 0 aliphatic heterocycles. The maximum atomic E-state index is 11.8. The van der Waals surface area contributed by atoms with Crippen LogP contribution in [0.25, 0.3) is 0 Å². The summed E-state index contributed by atoms with van der Waals surface area (Å²) < 4.78 is 0. The average Bonchev–Trinajstić information content (AvgIpc) is 2.55. The average molecular weight is 284 g/mol. The predicted octanol–water partition coefficient (Wildman–Crippen LogP) is 1.63. The molecule has 1 amide bonds. The Hall–Kier alpha value is -2.17. The molecule has 1 unspecified atom stereocenters. The number of benzene rings is 2. The zero-order valence-electron chi connectivity index (χ0n) is 11.8. The number of carbonyl (C=O) groups is 1. The lowest BCUT2D eigenvalue weighted by molar-refractivity contribution is -0.120. The van der Waals surface area contributed by atoms with E-state index in [9.17, 15) is 9.90 Å². The van der Waals surface area contributed by atoms with Crippen molar-refractivity contribution in [2.45, 2.75) is 12.6 Å². The SMILES string of the molecule is O=C(CNC(CO)c1ccccc1)NCc1ccccc1. The number of hydrogen-bond acceptors (Lipinski definition) is 3. The first-order chi connectivity index (χ1) is 10.3. The second kappa shape index (κ2) is 8.19. The van der Waals surface area contributed by atoms with Crippen molar-refractivity contribution in [2.24, 2.45) is 0 Å². The Morgan fingerprint density at radius 3 is 2.24 bits per heavy atom. The van der Waals surface area contributed by atoms with Crippen molar-refractivity contribution in [3.05, 3.63) is 71.8 Å². The molecule has 3 N–H and O–H groups in total. The summed E-state index contributed by atoms with van der Waals surface area (Å²) in [6, 6.07) is 19.1. The summed E-state index contributed by atoms with van der Waals surface area (Å²) in [6.45, 7) is 0.638. The quantitative estimate of drug-likeness (QED) is 0.724. The van der Waals surface area contributed by atoms with E-state index < -0.39 is 0 Å². The second-order valence-corrected chi connectivity index (χ2v) is 4.79. The molecule has 0 radical (unpaired) electrons. The Balaban J connectivity index is 1.77. The van der Waals surface area contributed by atoms with Gasteiger partial charge in [-0.15, -0.1) is 0 Å². The molecule has 2 rings (SSSR count). The molecule has 0 bridgehead atoms. The van der Waals surface area contributed by atoms with Crippen molar-refractivity contribution in [3.63, 3.8) is 0 Å². The molecular weight excluding hydrogens is 264 g/mol. The smallest absolute Gasteiger partial charge is 0.234 e. The molecule has 1 atom stereocenters. The van der Waals surface area contributed by atoms with Crippen LogP contribution in [0.4, 0.5) is 0 Å². The van der Waals surface area contributed by atoms with Crippen LogP contribution in [-0.4, -0.2) is 24.2 Å². The monoisotopic (exact) mass is 284 g/mol. The highest BCUT2D eigenvalue weighted by molar-refractivity contribution is 5.78. The molecular formula is C17H20N2O2. The fraction of sp³-hybridized carbons (Fsp3) is 0.235. The third-order valence-corrected chi connectivity index (χ3v) is 3.23. The van der Waals surface area contributed by atoms with E-state index in [0.717, 1.165) is 11.1 Å². The van der Waals surface area contributed by atoms with Crippen molar-refractivity contribution in [2.75, 3.05) is 13.2 Å². The van der Waals surface area contributed by atoms with E-state index in [0.29, 0.717) is 6.54 Å². The molecule has 0 saturated carbocycles. The summed E-state index contributed by atoms with van der Waals surface area (Å²) >= 11 is 0. The third-order valence-electron chi connectivity index (χ3n) is 3.23. The van der Waals surface area contributed by atoms with Crippen molar-refractivity contribution in [1.82, 2.24) is 10.6 Å². The van der Waals surface area contributed by atoms with Crippen LogP contribution in [0.1, 0.15) is 17.2 Å². The lowest BCUT2D eigenvalue weighted by Gasteiger charge is -2.16. The zero-order chi connectivity index (χ0) is 14.9. The Labute approximate surface area is 124 Å². The molecule has 2 aromatic carbocycles. The Kier molecular flexibility index (Phi) is 5.94. The van der Waals surface area contributed by atoms with Gasteiger partial charge in [0.15, 0.2) is 0 Å². The van der Waals surface area contributed by atoms with E-state index in [1.54, 1.807) is 0 Å². The fourth-order valence-electron chi connectivity index (χ4n) is 2.05. The molecule has 0 aromatic heterocycles. The van der Waals surface area contributed by atoms with Gasteiger partial charge < -0.3 is 10.4 Å². The Morgan fingerprint density at radius 1 is 1.00 bits per heavy atom. The van der Waals surface area contributed by atoms with Gasteiger partial charge in [0, 0.05) is 6.54 Å². The molecule has 0 aliphatic rings. The molecule has 0 spiro atoms. The molecule has 0 fully saturated rings. The normalized spacial score (nSPS) is 11.9. The van der Waals surface area contributed by atoms with Crippen molar-refractivity contribution in [1.29, 1.82) is 0 Å². The van der Waals surface area contributed by atoms with Gasteiger partial charge in [0.05, 0.1) is 19.2 Å². The van der Waals surface area contributed by atoms with Crippen LogP contribution in [-0.2, 0) is 11.3 Å². The summed E-state index contributed by atoms with van der Waals surface area (Å²) in [4.78, 5) is 11.8. The first kappa shape index (κ1) is 15.2. The first-order valence-electron chi connectivity index (χ1n) is 6.99. The van der Waals surface area contributed by atoms with Gasteiger partial charge >= 0.3 is 0 Å². The number of amides is 1. The van der Waals surface area contributed by atoms with Gasteiger partial charge in [0.25, 0.3) is 0 Å². The maximum Gasteiger partial charge on any atom is 0.234 e. The predicted molar refractivity (Wildman–Crippen MR) is 82.6 cm³/mol. The van der Waals surface area contributed by atoms with Gasteiger partial charge in [-0.3, -0.25) is 10.1 Å². The lowest BCUT2D eigenvalue weighted by atomic mass is 10.1. The van der Waals surface area contributed by atoms with E-state index in [1.807, 2.05) is 60.7 Å². The number of carbonyl (C=O) groups excluding carboxylic acids is 1. The van der Waals surface area contributed by atoms with Crippen LogP contribution in [0.2, 0.25) is 0 Å². The van der Waals surface area contributed by atoms with E-state index in [4.69, 9.17) is 0 Å². The highest BCUT2D eigenvalue weighted by Crippen LogP contribution is 2.10. The van der Waals surface area contributed by atoms with Gasteiger partial charge in [-0.2, -0.15) is 0 Å². The number of aliphatic hydroxyl groups excluding tert-OH is 1. The van der Waals surface area contributed by atoms with E-state index in [1.165, 1.54) is 0 Å². The zero-order valence-corrected chi connectivity index (χ0v) is 11.8. The number of rotatable bonds is 7. The van der Waals surface area contributed by atoms with Crippen LogP contribution in [0.5, 0.6) is 0 Å². The lowest BCUT2D eigenvalue weighted by Crippen LogP contribution is -2.36.